The minimum atomic E-state index is -0.432. The molecule has 25 heavy (non-hydrogen) atoms. The molecule has 1 aromatic heterocycles. The van der Waals surface area contributed by atoms with Crippen molar-refractivity contribution >= 4 is 5.91 Å². The Morgan fingerprint density at radius 1 is 1.28 bits per heavy atom. The highest BCUT2D eigenvalue weighted by Gasteiger charge is 2.33. The lowest BCUT2D eigenvalue weighted by molar-refractivity contribution is -0.136. The Hall–Kier alpha value is -1.82. The molecule has 6 nitrogen and oxygen atoms in total. The number of aromatic hydroxyl groups is 1. The molecule has 1 aliphatic heterocycles. The van der Waals surface area contributed by atoms with Gasteiger partial charge in [0.1, 0.15) is 5.76 Å². The first-order valence-corrected chi connectivity index (χ1v) is 9.25. The molecule has 0 aromatic carbocycles. The molecule has 0 spiro atoms. The van der Waals surface area contributed by atoms with Crippen LogP contribution in [-0.2, 0) is 9.53 Å². The first-order valence-electron chi connectivity index (χ1n) is 9.25. The zero-order valence-electron chi connectivity index (χ0n) is 14.8. The molecule has 1 aliphatic carbocycles. The van der Waals surface area contributed by atoms with Gasteiger partial charge in [0.05, 0.1) is 13.2 Å². The van der Waals surface area contributed by atoms with Crippen LogP contribution in [0.5, 0.6) is 5.75 Å². The smallest absolute Gasteiger partial charge is 0.227 e. The van der Waals surface area contributed by atoms with Crippen molar-refractivity contribution in [2.24, 2.45) is 5.92 Å². The van der Waals surface area contributed by atoms with Crippen molar-refractivity contribution in [2.75, 3.05) is 26.3 Å². The molecular weight excluding hydrogens is 322 g/mol. The van der Waals surface area contributed by atoms with Crippen LogP contribution in [0.15, 0.2) is 15.3 Å². The molecule has 1 saturated heterocycles. The summed E-state index contributed by atoms with van der Waals surface area (Å²) in [5.41, 5.74) is -0.432. The second kappa shape index (κ2) is 8.04. The third-order valence-electron chi connectivity index (χ3n) is 5.39. The van der Waals surface area contributed by atoms with Crippen LogP contribution in [-0.4, -0.2) is 42.2 Å². The van der Waals surface area contributed by atoms with Crippen molar-refractivity contribution in [3.63, 3.8) is 0 Å². The van der Waals surface area contributed by atoms with Crippen LogP contribution in [0.25, 0.3) is 0 Å². The van der Waals surface area contributed by atoms with E-state index in [9.17, 15) is 14.7 Å². The lowest BCUT2D eigenvalue weighted by atomic mass is 9.77. The van der Waals surface area contributed by atoms with E-state index in [-0.39, 0.29) is 29.9 Å². The van der Waals surface area contributed by atoms with Crippen LogP contribution < -0.4 is 5.43 Å². The van der Waals surface area contributed by atoms with Crippen LogP contribution >= 0.6 is 0 Å². The summed E-state index contributed by atoms with van der Waals surface area (Å²) in [6, 6.07) is 1.29. The van der Waals surface area contributed by atoms with Crippen LogP contribution in [0.2, 0.25) is 0 Å². The Kier molecular flexibility index (Phi) is 5.78. The molecule has 0 radical (unpaired) electrons. The lowest BCUT2D eigenvalue weighted by Gasteiger charge is -2.32. The zero-order chi connectivity index (χ0) is 17.8. The molecule has 1 N–H and O–H groups in total. The SMILES string of the molecule is Cc1cc(=O)c(O)c([C@@H](CC(=O)N2CCOCC2)C2CCCCC2)o1. The molecule has 0 bridgehead atoms. The van der Waals surface area contributed by atoms with Crippen molar-refractivity contribution in [1.29, 1.82) is 0 Å². The molecule has 1 saturated carbocycles. The summed E-state index contributed by atoms with van der Waals surface area (Å²) in [5.74, 6) is 0.479. The molecule has 0 unspecified atom stereocenters. The zero-order valence-corrected chi connectivity index (χ0v) is 14.8. The fourth-order valence-electron chi connectivity index (χ4n) is 4.02. The predicted octanol–water partition coefficient (Wildman–Crippen LogP) is 2.57. The maximum absolute atomic E-state index is 12.8. The summed E-state index contributed by atoms with van der Waals surface area (Å²) >= 11 is 0. The van der Waals surface area contributed by atoms with Gasteiger partial charge in [-0.3, -0.25) is 9.59 Å². The molecular formula is C19H27NO5. The quantitative estimate of drug-likeness (QED) is 0.904. The summed E-state index contributed by atoms with van der Waals surface area (Å²) in [6.07, 6.45) is 5.69. The Morgan fingerprint density at radius 2 is 1.96 bits per heavy atom. The van der Waals surface area contributed by atoms with Gasteiger partial charge < -0.3 is 19.2 Å². The lowest BCUT2D eigenvalue weighted by Crippen LogP contribution is -2.41. The van der Waals surface area contributed by atoms with Crippen LogP contribution in [0.4, 0.5) is 0 Å². The fourth-order valence-corrected chi connectivity index (χ4v) is 4.02. The Balaban J connectivity index is 1.87. The maximum Gasteiger partial charge on any atom is 0.227 e. The van der Waals surface area contributed by atoms with Crippen LogP contribution in [0.1, 0.15) is 56.0 Å². The summed E-state index contributed by atoms with van der Waals surface area (Å²) in [6.45, 7) is 4.02. The van der Waals surface area contributed by atoms with Gasteiger partial charge in [0.15, 0.2) is 5.76 Å². The number of carbonyl (C=O) groups is 1. The minimum absolute atomic E-state index is 0.0439. The molecule has 1 amide bonds. The number of morpholine rings is 1. The molecule has 3 rings (SSSR count). The van der Waals surface area contributed by atoms with Crippen molar-refractivity contribution in [3.8, 4) is 5.75 Å². The number of amides is 1. The minimum Gasteiger partial charge on any atom is -0.502 e. The highest BCUT2D eigenvalue weighted by molar-refractivity contribution is 5.77. The van der Waals surface area contributed by atoms with Gasteiger partial charge >= 0.3 is 0 Å². The predicted molar refractivity (Wildman–Crippen MR) is 92.7 cm³/mol. The number of rotatable bonds is 4. The number of aryl methyl sites for hydroxylation is 1. The first kappa shape index (κ1) is 18.0. The number of hydrogen-bond donors (Lipinski definition) is 1. The Morgan fingerprint density at radius 3 is 2.64 bits per heavy atom. The third kappa shape index (κ3) is 4.24. The van der Waals surface area contributed by atoms with E-state index in [1.807, 2.05) is 4.90 Å². The van der Waals surface area contributed by atoms with Crippen LogP contribution in [0, 0.1) is 12.8 Å². The maximum atomic E-state index is 12.8. The van der Waals surface area contributed by atoms with E-state index in [4.69, 9.17) is 9.15 Å². The number of ether oxygens (including phenoxy) is 1. The first-order chi connectivity index (χ1) is 12.1. The van der Waals surface area contributed by atoms with Crippen LogP contribution in [0.3, 0.4) is 0 Å². The third-order valence-corrected chi connectivity index (χ3v) is 5.39. The summed E-state index contributed by atoms with van der Waals surface area (Å²) in [7, 11) is 0. The van der Waals surface area contributed by atoms with Gasteiger partial charge in [-0.05, 0) is 25.7 Å². The highest BCUT2D eigenvalue weighted by Crippen LogP contribution is 2.41. The molecule has 2 heterocycles. The van der Waals surface area contributed by atoms with E-state index in [0.717, 1.165) is 25.7 Å². The average Bonchev–Trinajstić information content (AvgIpc) is 2.64. The summed E-state index contributed by atoms with van der Waals surface area (Å²) in [5, 5.41) is 10.3. The van der Waals surface area contributed by atoms with Gasteiger partial charge in [-0.25, -0.2) is 0 Å². The number of hydrogen-bond acceptors (Lipinski definition) is 5. The second-order valence-corrected chi connectivity index (χ2v) is 7.14. The van der Waals surface area contributed by atoms with E-state index in [1.165, 1.54) is 12.5 Å². The topological polar surface area (TPSA) is 80.0 Å². The van der Waals surface area contributed by atoms with Crippen molar-refractivity contribution in [3.05, 3.63) is 27.8 Å². The average molecular weight is 349 g/mol. The molecule has 1 aromatic rings. The monoisotopic (exact) mass is 349 g/mol. The normalized spacial score (nSPS) is 20.4. The number of carbonyl (C=O) groups excluding carboxylic acids is 1. The molecule has 1 atom stereocenters. The highest BCUT2D eigenvalue weighted by atomic mass is 16.5. The van der Waals surface area contributed by atoms with Gasteiger partial charge in [-0.15, -0.1) is 0 Å². The summed E-state index contributed by atoms with van der Waals surface area (Å²) in [4.78, 5) is 26.6. The fraction of sp³-hybridized carbons (Fsp3) is 0.684. The van der Waals surface area contributed by atoms with Crippen molar-refractivity contribution in [2.45, 2.75) is 51.4 Å². The van der Waals surface area contributed by atoms with E-state index < -0.39 is 5.43 Å². The summed E-state index contributed by atoms with van der Waals surface area (Å²) < 4.78 is 11.1. The Labute approximate surface area is 147 Å². The van der Waals surface area contributed by atoms with Crippen molar-refractivity contribution < 1.29 is 19.1 Å². The van der Waals surface area contributed by atoms with E-state index in [1.54, 1.807) is 6.92 Å². The Bertz CT molecular complexity index is 656. The molecule has 2 fully saturated rings. The van der Waals surface area contributed by atoms with E-state index in [0.29, 0.717) is 37.8 Å². The van der Waals surface area contributed by atoms with E-state index >= 15 is 0 Å². The van der Waals surface area contributed by atoms with Gasteiger partial charge in [0.25, 0.3) is 0 Å². The van der Waals surface area contributed by atoms with E-state index in [2.05, 4.69) is 0 Å². The number of nitrogens with zero attached hydrogens (tertiary/aromatic N) is 1. The van der Waals surface area contributed by atoms with Gasteiger partial charge in [-0.2, -0.15) is 0 Å². The molecule has 138 valence electrons. The molecule has 6 heteroatoms. The second-order valence-electron chi connectivity index (χ2n) is 7.14. The van der Waals surface area contributed by atoms with Gasteiger partial charge in [-0.1, -0.05) is 19.3 Å². The van der Waals surface area contributed by atoms with Gasteiger partial charge in [0.2, 0.25) is 17.1 Å². The van der Waals surface area contributed by atoms with Gasteiger partial charge in [0, 0.05) is 31.5 Å². The largest absolute Gasteiger partial charge is 0.502 e. The van der Waals surface area contributed by atoms with Crippen molar-refractivity contribution in [1.82, 2.24) is 4.90 Å². The molecule has 2 aliphatic rings. The standard InChI is InChI=1S/C19H27NO5/c1-13-11-16(21)18(23)19(25-13)15(14-5-3-2-4-6-14)12-17(22)20-7-9-24-10-8-20/h11,14-15,23H,2-10,12H2,1H3/t15-/m0/s1.